The third-order valence-electron chi connectivity index (χ3n) is 3.48. The number of amidine groups is 1. The van der Waals surface area contributed by atoms with Crippen LogP contribution in [0.2, 0.25) is 0 Å². The highest BCUT2D eigenvalue weighted by Gasteiger charge is 2.16. The van der Waals surface area contributed by atoms with Crippen molar-refractivity contribution in [3.05, 3.63) is 18.0 Å². The van der Waals surface area contributed by atoms with Crippen LogP contribution in [0.4, 0.5) is 0 Å². The molecule has 1 aromatic rings. The molecule has 0 unspecified atom stereocenters. The maximum absolute atomic E-state index is 6.05. The average Bonchev–Trinajstić information content (AvgIpc) is 2.76. The minimum atomic E-state index is 0.539. The summed E-state index contributed by atoms with van der Waals surface area (Å²) in [7, 11) is 1.93. The smallest absolute Gasteiger partial charge is 0.0968 e. The van der Waals surface area contributed by atoms with Crippen molar-refractivity contribution < 1.29 is 0 Å². The molecule has 0 aromatic carbocycles. The van der Waals surface area contributed by atoms with Crippen molar-refractivity contribution in [2.45, 2.75) is 38.5 Å². The third-order valence-corrected chi connectivity index (χ3v) is 3.48. The Morgan fingerprint density at radius 1 is 1.47 bits per heavy atom. The molecule has 4 nitrogen and oxygen atoms in total. The molecule has 0 bridgehead atoms. The summed E-state index contributed by atoms with van der Waals surface area (Å²) in [5.41, 5.74) is 7.28. The Bertz CT molecular complexity index is 375. The summed E-state index contributed by atoms with van der Waals surface area (Å²) in [6.45, 7) is 0.786. The van der Waals surface area contributed by atoms with Gasteiger partial charge in [0.15, 0.2) is 0 Å². The summed E-state index contributed by atoms with van der Waals surface area (Å²) in [6.07, 6.45) is 11.3. The van der Waals surface area contributed by atoms with Crippen molar-refractivity contribution in [1.82, 2.24) is 9.78 Å². The van der Waals surface area contributed by atoms with E-state index in [9.17, 15) is 0 Å². The third kappa shape index (κ3) is 3.58. The monoisotopic (exact) mass is 234 g/mol. The number of nitrogens with two attached hydrogens (primary N) is 1. The highest BCUT2D eigenvalue weighted by molar-refractivity contribution is 5.82. The van der Waals surface area contributed by atoms with E-state index in [1.165, 1.54) is 37.7 Å². The summed E-state index contributed by atoms with van der Waals surface area (Å²) < 4.78 is 1.82. The van der Waals surface area contributed by atoms with Crippen LogP contribution in [0, 0.1) is 5.92 Å². The average molecular weight is 234 g/mol. The fourth-order valence-corrected chi connectivity index (χ4v) is 2.44. The van der Waals surface area contributed by atoms with Crippen LogP contribution < -0.4 is 5.73 Å². The first-order chi connectivity index (χ1) is 8.25. The van der Waals surface area contributed by atoms with Gasteiger partial charge in [0.25, 0.3) is 0 Å². The second-order valence-corrected chi connectivity index (χ2v) is 4.91. The van der Waals surface area contributed by atoms with Gasteiger partial charge in [0.05, 0.1) is 12.0 Å². The standard InChI is InChI=1S/C13H22N4/c1-17-10-11(9-16-17)7-8-15-13(14)12-5-3-2-4-6-12/h9-10,12H,2-8H2,1H3,(H2,14,15). The zero-order chi connectivity index (χ0) is 12.1. The van der Waals surface area contributed by atoms with Crippen molar-refractivity contribution in [2.75, 3.05) is 6.54 Å². The van der Waals surface area contributed by atoms with E-state index in [-0.39, 0.29) is 0 Å². The number of aromatic nitrogens is 2. The Hall–Kier alpha value is -1.32. The van der Waals surface area contributed by atoms with Gasteiger partial charge in [-0.15, -0.1) is 0 Å². The fraction of sp³-hybridized carbons (Fsp3) is 0.692. The molecule has 0 saturated heterocycles. The first kappa shape index (κ1) is 12.1. The SMILES string of the molecule is Cn1cc(CCN=C(N)C2CCCCC2)cn1. The summed E-state index contributed by atoms with van der Waals surface area (Å²) in [5, 5.41) is 4.14. The normalized spacial score (nSPS) is 18.5. The predicted octanol–water partition coefficient (Wildman–Crippen LogP) is 1.90. The van der Waals surface area contributed by atoms with Crippen molar-refractivity contribution >= 4 is 5.84 Å². The van der Waals surface area contributed by atoms with Crippen molar-refractivity contribution in [3.8, 4) is 0 Å². The first-order valence-corrected chi connectivity index (χ1v) is 6.53. The molecule has 2 rings (SSSR count). The van der Waals surface area contributed by atoms with E-state index in [1.807, 2.05) is 24.1 Å². The Balaban J connectivity index is 1.79. The molecule has 0 amide bonds. The zero-order valence-corrected chi connectivity index (χ0v) is 10.6. The topological polar surface area (TPSA) is 56.2 Å². The minimum Gasteiger partial charge on any atom is -0.387 e. The van der Waals surface area contributed by atoms with E-state index in [2.05, 4.69) is 10.1 Å². The molecule has 0 spiro atoms. The second kappa shape index (κ2) is 5.84. The highest BCUT2D eigenvalue weighted by Crippen LogP contribution is 2.23. The Morgan fingerprint density at radius 3 is 2.88 bits per heavy atom. The Morgan fingerprint density at radius 2 is 2.24 bits per heavy atom. The Kier molecular flexibility index (Phi) is 4.18. The van der Waals surface area contributed by atoms with Crippen LogP contribution in [-0.2, 0) is 13.5 Å². The first-order valence-electron chi connectivity index (χ1n) is 6.53. The fourth-order valence-electron chi connectivity index (χ4n) is 2.44. The molecular formula is C13H22N4. The largest absolute Gasteiger partial charge is 0.387 e. The maximum Gasteiger partial charge on any atom is 0.0968 e. The lowest BCUT2D eigenvalue weighted by Gasteiger charge is -2.20. The number of aryl methyl sites for hydroxylation is 1. The summed E-state index contributed by atoms with van der Waals surface area (Å²) in [5.74, 6) is 1.41. The summed E-state index contributed by atoms with van der Waals surface area (Å²) >= 11 is 0. The molecule has 0 radical (unpaired) electrons. The van der Waals surface area contributed by atoms with Gasteiger partial charge in [0, 0.05) is 25.7 Å². The molecular weight excluding hydrogens is 212 g/mol. The summed E-state index contributed by atoms with van der Waals surface area (Å²) in [4.78, 5) is 4.51. The van der Waals surface area contributed by atoms with Gasteiger partial charge in [-0.05, 0) is 24.8 Å². The van der Waals surface area contributed by atoms with E-state index in [4.69, 9.17) is 5.73 Å². The molecule has 1 aliphatic rings. The van der Waals surface area contributed by atoms with Gasteiger partial charge >= 0.3 is 0 Å². The predicted molar refractivity (Wildman–Crippen MR) is 70.0 cm³/mol. The number of aliphatic imine (C=N–C) groups is 1. The molecule has 17 heavy (non-hydrogen) atoms. The van der Waals surface area contributed by atoms with Crippen molar-refractivity contribution in [1.29, 1.82) is 0 Å². The molecule has 2 N–H and O–H groups in total. The lowest BCUT2D eigenvalue weighted by molar-refractivity contribution is 0.436. The number of nitrogens with zero attached hydrogens (tertiary/aromatic N) is 3. The van der Waals surface area contributed by atoms with E-state index in [1.54, 1.807) is 0 Å². The van der Waals surface area contributed by atoms with Gasteiger partial charge in [-0.2, -0.15) is 5.10 Å². The van der Waals surface area contributed by atoms with Crippen LogP contribution in [0.5, 0.6) is 0 Å². The number of hydrogen-bond acceptors (Lipinski definition) is 2. The molecule has 1 aliphatic carbocycles. The molecule has 4 heteroatoms. The molecule has 1 aromatic heterocycles. The lowest BCUT2D eigenvalue weighted by atomic mass is 9.88. The Labute approximate surface area is 103 Å². The number of hydrogen-bond donors (Lipinski definition) is 1. The van der Waals surface area contributed by atoms with Crippen molar-refractivity contribution in [2.24, 2.45) is 23.7 Å². The maximum atomic E-state index is 6.05. The van der Waals surface area contributed by atoms with E-state index in [0.717, 1.165) is 18.8 Å². The van der Waals surface area contributed by atoms with Gasteiger partial charge in [-0.1, -0.05) is 19.3 Å². The molecule has 1 saturated carbocycles. The molecule has 0 aliphatic heterocycles. The molecule has 0 atom stereocenters. The van der Waals surface area contributed by atoms with Crippen LogP contribution in [0.3, 0.4) is 0 Å². The molecule has 1 fully saturated rings. The lowest BCUT2D eigenvalue weighted by Crippen LogP contribution is -2.26. The van der Waals surface area contributed by atoms with Crippen LogP contribution in [0.1, 0.15) is 37.7 Å². The van der Waals surface area contributed by atoms with Gasteiger partial charge in [0.2, 0.25) is 0 Å². The molecule has 1 heterocycles. The second-order valence-electron chi connectivity index (χ2n) is 4.91. The zero-order valence-electron chi connectivity index (χ0n) is 10.6. The number of rotatable bonds is 4. The highest BCUT2D eigenvalue weighted by atomic mass is 15.2. The van der Waals surface area contributed by atoms with Crippen LogP contribution in [-0.4, -0.2) is 22.2 Å². The van der Waals surface area contributed by atoms with E-state index in [0.29, 0.717) is 5.92 Å². The van der Waals surface area contributed by atoms with Crippen LogP contribution in [0.25, 0.3) is 0 Å². The van der Waals surface area contributed by atoms with Crippen LogP contribution >= 0.6 is 0 Å². The quantitative estimate of drug-likeness (QED) is 0.639. The minimum absolute atomic E-state index is 0.539. The van der Waals surface area contributed by atoms with E-state index < -0.39 is 0 Å². The molecule has 94 valence electrons. The van der Waals surface area contributed by atoms with Gasteiger partial charge in [0.1, 0.15) is 0 Å². The van der Waals surface area contributed by atoms with E-state index >= 15 is 0 Å². The van der Waals surface area contributed by atoms with Gasteiger partial charge in [-0.3, -0.25) is 9.67 Å². The van der Waals surface area contributed by atoms with Gasteiger partial charge in [-0.25, -0.2) is 0 Å². The van der Waals surface area contributed by atoms with Crippen molar-refractivity contribution in [3.63, 3.8) is 0 Å². The van der Waals surface area contributed by atoms with Gasteiger partial charge < -0.3 is 5.73 Å². The summed E-state index contributed by atoms with van der Waals surface area (Å²) in [6, 6.07) is 0. The van der Waals surface area contributed by atoms with Crippen LogP contribution in [0.15, 0.2) is 17.4 Å².